The van der Waals surface area contributed by atoms with Gasteiger partial charge in [0.15, 0.2) is 0 Å². The number of rotatable bonds is 3. The smallest absolute Gasteiger partial charge is 0.223 e. The highest BCUT2D eigenvalue weighted by Gasteiger charge is 2.30. The van der Waals surface area contributed by atoms with E-state index < -0.39 is 0 Å². The van der Waals surface area contributed by atoms with E-state index in [2.05, 4.69) is 37.2 Å². The van der Waals surface area contributed by atoms with Crippen LogP contribution in [0.25, 0.3) is 0 Å². The van der Waals surface area contributed by atoms with Crippen LogP contribution in [0.1, 0.15) is 48.4 Å². The van der Waals surface area contributed by atoms with Gasteiger partial charge in [0.1, 0.15) is 0 Å². The van der Waals surface area contributed by atoms with Gasteiger partial charge < -0.3 is 9.80 Å². The minimum atomic E-state index is 0.0307. The second-order valence-electron chi connectivity index (χ2n) is 7.17. The summed E-state index contributed by atoms with van der Waals surface area (Å²) in [5.74, 6) is 0.316. The molecular formula is C21H24Cl2N2O. The van der Waals surface area contributed by atoms with E-state index in [1.165, 1.54) is 16.7 Å². The Morgan fingerprint density at radius 3 is 2.31 bits per heavy atom. The first-order valence-corrected chi connectivity index (χ1v) is 9.54. The molecule has 0 aromatic heterocycles. The van der Waals surface area contributed by atoms with Gasteiger partial charge >= 0.3 is 0 Å². The van der Waals surface area contributed by atoms with E-state index in [4.69, 9.17) is 23.2 Å². The summed E-state index contributed by atoms with van der Waals surface area (Å²) in [5.41, 5.74) is 4.69. The standard InChI is InChI=1S/C21H24Cl2N2O/c1-13(26)25(4)15-6-7-17-16(14-5-9-19(22)20(23)11-14)8-10-21(24(2)3)18(17)12-15/h5-7,9,11-12,16,21H,8,10H2,1-4H3/t16-,21-/m0/s1. The number of amides is 1. The highest BCUT2D eigenvalue weighted by molar-refractivity contribution is 6.42. The van der Waals surface area contributed by atoms with E-state index in [0.717, 1.165) is 18.5 Å². The van der Waals surface area contributed by atoms with Crippen molar-refractivity contribution in [2.24, 2.45) is 0 Å². The van der Waals surface area contributed by atoms with Crippen molar-refractivity contribution < 1.29 is 4.79 Å². The van der Waals surface area contributed by atoms with Crippen LogP contribution >= 0.6 is 23.2 Å². The van der Waals surface area contributed by atoms with Gasteiger partial charge in [0.05, 0.1) is 10.0 Å². The third-order valence-corrected chi connectivity index (χ3v) is 6.10. The largest absolute Gasteiger partial charge is 0.316 e. The summed E-state index contributed by atoms with van der Waals surface area (Å²) in [5, 5.41) is 1.17. The van der Waals surface area contributed by atoms with Gasteiger partial charge in [-0.05, 0) is 67.9 Å². The Morgan fingerprint density at radius 2 is 1.69 bits per heavy atom. The lowest BCUT2D eigenvalue weighted by molar-refractivity contribution is -0.116. The number of hydrogen-bond donors (Lipinski definition) is 0. The maximum absolute atomic E-state index is 11.8. The van der Waals surface area contributed by atoms with Crippen molar-refractivity contribution in [3.05, 3.63) is 63.1 Å². The van der Waals surface area contributed by atoms with Crippen LogP contribution in [0.3, 0.4) is 0 Å². The van der Waals surface area contributed by atoms with E-state index in [0.29, 0.717) is 16.1 Å². The van der Waals surface area contributed by atoms with Crippen molar-refractivity contribution in [1.29, 1.82) is 0 Å². The van der Waals surface area contributed by atoms with Crippen LogP contribution in [-0.4, -0.2) is 32.0 Å². The van der Waals surface area contributed by atoms with Crippen LogP contribution in [0.5, 0.6) is 0 Å². The van der Waals surface area contributed by atoms with Crippen molar-refractivity contribution in [1.82, 2.24) is 4.90 Å². The molecule has 0 fully saturated rings. The Labute approximate surface area is 165 Å². The van der Waals surface area contributed by atoms with Gasteiger partial charge in [0, 0.05) is 31.6 Å². The first-order chi connectivity index (χ1) is 12.3. The number of benzene rings is 2. The fourth-order valence-electron chi connectivity index (χ4n) is 3.81. The average Bonchev–Trinajstić information content (AvgIpc) is 2.61. The lowest BCUT2D eigenvalue weighted by Gasteiger charge is -2.36. The topological polar surface area (TPSA) is 23.6 Å². The van der Waals surface area contributed by atoms with Crippen LogP contribution < -0.4 is 4.90 Å². The zero-order valence-corrected chi connectivity index (χ0v) is 17.1. The monoisotopic (exact) mass is 390 g/mol. The van der Waals surface area contributed by atoms with Crippen LogP contribution in [0.4, 0.5) is 5.69 Å². The molecular weight excluding hydrogens is 367 g/mol. The van der Waals surface area contributed by atoms with Gasteiger partial charge in [-0.3, -0.25) is 4.79 Å². The van der Waals surface area contributed by atoms with Crippen molar-refractivity contribution >= 4 is 34.8 Å². The van der Waals surface area contributed by atoms with Crippen molar-refractivity contribution in [2.45, 2.75) is 31.7 Å². The Bertz CT molecular complexity index is 835. The average molecular weight is 391 g/mol. The fourth-order valence-corrected chi connectivity index (χ4v) is 4.11. The molecule has 0 spiro atoms. The van der Waals surface area contributed by atoms with Gasteiger partial charge in [-0.2, -0.15) is 0 Å². The molecule has 0 radical (unpaired) electrons. The maximum atomic E-state index is 11.8. The van der Waals surface area contributed by atoms with Gasteiger partial charge in [-0.25, -0.2) is 0 Å². The molecule has 0 unspecified atom stereocenters. The zero-order chi connectivity index (χ0) is 19.0. The SMILES string of the molecule is CC(=O)N(C)c1ccc2c(c1)[C@@H](N(C)C)CC[C@H]2c1ccc(Cl)c(Cl)c1. The van der Waals surface area contributed by atoms with E-state index >= 15 is 0 Å². The predicted molar refractivity (Wildman–Crippen MR) is 109 cm³/mol. The molecule has 2 aromatic rings. The fraction of sp³-hybridized carbons (Fsp3) is 0.381. The lowest BCUT2D eigenvalue weighted by atomic mass is 9.76. The summed E-state index contributed by atoms with van der Waals surface area (Å²) in [6.45, 7) is 1.58. The Hall–Kier alpha value is -1.55. The zero-order valence-electron chi connectivity index (χ0n) is 15.6. The third kappa shape index (κ3) is 3.62. The van der Waals surface area contributed by atoms with Crippen molar-refractivity contribution in [3.63, 3.8) is 0 Å². The van der Waals surface area contributed by atoms with Gasteiger partial charge in [-0.1, -0.05) is 35.3 Å². The molecule has 0 aliphatic heterocycles. The molecule has 0 N–H and O–H groups in total. The molecule has 3 nitrogen and oxygen atoms in total. The maximum Gasteiger partial charge on any atom is 0.223 e. The minimum Gasteiger partial charge on any atom is -0.316 e. The Kier molecular flexibility index (Phi) is 5.61. The van der Waals surface area contributed by atoms with Gasteiger partial charge in [0.2, 0.25) is 5.91 Å². The van der Waals surface area contributed by atoms with E-state index in [1.807, 2.05) is 25.2 Å². The molecule has 0 heterocycles. The summed E-state index contributed by atoms with van der Waals surface area (Å²) >= 11 is 12.4. The van der Waals surface area contributed by atoms with Crippen LogP contribution in [0.15, 0.2) is 36.4 Å². The summed E-state index contributed by atoms with van der Waals surface area (Å²) < 4.78 is 0. The molecule has 1 amide bonds. The predicted octanol–water partition coefficient (Wildman–Crippen LogP) is 5.50. The number of hydrogen-bond acceptors (Lipinski definition) is 2. The first kappa shape index (κ1) is 19.2. The van der Waals surface area contributed by atoms with Crippen LogP contribution in [0, 0.1) is 0 Å². The number of anilines is 1. The first-order valence-electron chi connectivity index (χ1n) is 8.79. The molecule has 0 saturated carbocycles. The normalized spacial score (nSPS) is 19.3. The molecule has 5 heteroatoms. The summed E-state index contributed by atoms with van der Waals surface area (Å²) in [6.07, 6.45) is 2.11. The molecule has 1 aliphatic carbocycles. The molecule has 3 rings (SSSR count). The highest BCUT2D eigenvalue weighted by Crippen LogP contribution is 2.45. The van der Waals surface area contributed by atoms with Crippen molar-refractivity contribution in [3.8, 4) is 0 Å². The molecule has 26 heavy (non-hydrogen) atoms. The molecule has 1 aliphatic rings. The van der Waals surface area contributed by atoms with Crippen LogP contribution in [0.2, 0.25) is 10.0 Å². The minimum absolute atomic E-state index is 0.0307. The van der Waals surface area contributed by atoms with E-state index in [9.17, 15) is 4.79 Å². The molecule has 0 saturated heterocycles. The van der Waals surface area contributed by atoms with E-state index in [1.54, 1.807) is 11.8 Å². The summed E-state index contributed by atoms with van der Waals surface area (Å²) in [7, 11) is 6.03. The van der Waals surface area contributed by atoms with Gasteiger partial charge in [0.25, 0.3) is 0 Å². The lowest BCUT2D eigenvalue weighted by Crippen LogP contribution is -2.28. The van der Waals surface area contributed by atoms with Gasteiger partial charge in [-0.15, -0.1) is 0 Å². The number of nitrogens with zero attached hydrogens (tertiary/aromatic N) is 2. The molecule has 0 bridgehead atoms. The Balaban J connectivity index is 2.09. The molecule has 138 valence electrons. The summed E-state index contributed by atoms with van der Waals surface area (Å²) in [6, 6.07) is 12.6. The molecule has 2 aromatic carbocycles. The second kappa shape index (κ2) is 7.59. The Morgan fingerprint density at radius 1 is 0.962 bits per heavy atom. The quantitative estimate of drug-likeness (QED) is 0.689. The molecule has 2 atom stereocenters. The number of carbonyl (C=O) groups excluding carboxylic acids is 1. The number of fused-ring (bicyclic) bond motifs is 1. The van der Waals surface area contributed by atoms with Crippen LogP contribution in [-0.2, 0) is 4.79 Å². The number of halogens is 2. The van der Waals surface area contributed by atoms with Crippen molar-refractivity contribution in [2.75, 3.05) is 26.0 Å². The second-order valence-corrected chi connectivity index (χ2v) is 7.99. The highest BCUT2D eigenvalue weighted by atomic mass is 35.5. The van der Waals surface area contributed by atoms with E-state index in [-0.39, 0.29) is 11.8 Å². The summed E-state index contributed by atoms with van der Waals surface area (Å²) in [4.78, 5) is 15.7. The third-order valence-electron chi connectivity index (χ3n) is 5.36. The number of carbonyl (C=O) groups is 1.